The van der Waals surface area contributed by atoms with E-state index in [4.69, 9.17) is 0 Å². The molecule has 1 aliphatic heterocycles. The molecular weight excluding hydrogens is 262 g/mol. The van der Waals surface area contributed by atoms with Gasteiger partial charge in [0.25, 0.3) is 0 Å². The highest BCUT2D eigenvalue weighted by Crippen LogP contribution is 2.10. The Hall–Kier alpha value is -0.980. The predicted molar refractivity (Wildman–Crippen MR) is 88.7 cm³/mol. The van der Waals surface area contributed by atoms with Crippen molar-refractivity contribution >= 4 is 0 Å². The first kappa shape index (κ1) is 16.4. The molecule has 1 aromatic carbocycles. The molecule has 5 nitrogen and oxygen atoms in total. The summed E-state index contributed by atoms with van der Waals surface area (Å²) < 4.78 is 0. The fourth-order valence-corrected chi connectivity index (χ4v) is 2.48. The molecule has 21 heavy (non-hydrogen) atoms. The van der Waals surface area contributed by atoms with Gasteiger partial charge in [-0.25, -0.2) is 0 Å². The van der Waals surface area contributed by atoms with Gasteiger partial charge in [0.05, 0.1) is 0 Å². The zero-order valence-electron chi connectivity index (χ0n) is 12.8. The van der Waals surface area contributed by atoms with Gasteiger partial charge in [0.15, 0.2) is 0 Å². The normalized spacial score (nSPS) is 23.9. The second-order valence-corrected chi connectivity index (χ2v) is 5.37. The Morgan fingerprint density at radius 3 is 1.76 bits per heavy atom. The SMILES string of the molecule is c1ccc(C2CNCCNCCNCCNCCN2)cc1. The zero-order valence-corrected chi connectivity index (χ0v) is 12.8. The maximum Gasteiger partial charge on any atom is 0.0447 e. The maximum absolute atomic E-state index is 3.64. The summed E-state index contributed by atoms with van der Waals surface area (Å²) >= 11 is 0. The van der Waals surface area contributed by atoms with Gasteiger partial charge < -0.3 is 26.6 Å². The molecule has 1 fully saturated rings. The van der Waals surface area contributed by atoms with Crippen molar-refractivity contribution in [1.82, 2.24) is 26.6 Å². The predicted octanol–water partition coefficient (Wildman–Crippen LogP) is -0.311. The summed E-state index contributed by atoms with van der Waals surface area (Å²) in [6.45, 7) is 9.09. The van der Waals surface area contributed by atoms with Gasteiger partial charge >= 0.3 is 0 Å². The van der Waals surface area contributed by atoms with Crippen molar-refractivity contribution in [2.75, 3.05) is 58.9 Å². The highest BCUT2D eigenvalue weighted by Gasteiger charge is 2.09. The van der Waals surface area contributed by atoms with Crippen molar-refractivity contribution in [2.45, 2.75) is 6.04 Å². The number of hydrogen-bond donors (Lipinski definition) is 5. The van der Waals surface area contributed by atoms with Crippen molar-refractivity contribution < 1.29 is 0 Å². The minimum atomic E-state index is 0.372. The summed E-state index contributed by atoms with van der Waals surface area (Å²) in [6, 6.07) is 11.1. The average Bonchev–Trinajstić information content (AvgIpc) is 2.54. The fourth-order valence-electron chi connectivity index (χ4n) is 2.48. The van der Waals surface area contributed by atoms with Crippen LogP contribution in [0, 0.1) is 0 Å². The summed E-state index contributed by atoms with van der Waals surface area (Å²) in [4.78, 5) is 0. The summed E-state index contributed by atoms with van der Waals surface area (Å²) in [6.07, 6.45) is 0. The van der Waals surface area contributed by atoms with Gasteiger partial charge in [-0.2, -0.15) is 0 Å². The van der Waals surface area contributed by atoms with E-state index >= 15 is 0 Å². The number of rotatable bonds is 1. The molecule has 0 spiro atoms. The fraction of sp³-hybridized carbons (Fsp3) is 0.625. The Balaban J connectivity index is 1.83. The van der Waals surface area contributed by atoms with Crippen LogP contribution in [0.15, 0.2) is 30.3 Å². The van der Waals surface area contributed by atoms with Gasteiger partial charge in [0.2, 0.25) is 0 Å². The minimum absolute atomic E-state index is 0.372. The van der Waals surface area contributed by atoms with Gasteiger partial charge in [-0.3, -0.25) is 0 Å². The Labute approximate surface area is 128 Å². The molecule has 5 heteroatoms. The first-order valence-corrected chi connectivity index (χ1v) is 8.08. The largest absolute Gasteiger partial charge is 0.314 e. The van der Waals surface area contributed by atoms with E-state index in [2.05, 4.69) is 56.9 Å². The maximum atomic E-state index is 3.64. The van der Waals surface area contributed by atoms with Crippen LogP contribution in [0.2, 0.25) is 0 Å². The molecule has 0 aromatic heterocycles. The van der Waals surface area contributed by atoms with Crippen LogP contribution in [0.4, 0.5) is 0 Å². The molecule has 0 aliphatic carbocycles. The van der Waals surface area contributed by atoms with E-state index in [0.29, 0.717) is 6.04 Å². The summed E-state index contributed by atoms with van der Waals surface area (Å²) in [7, 11) is 0. The van der Waals surface area contributed by atoms with E-state index in [1.165, 1.54) is 5.56 Å². The molecule has 1 heterocycles. The zero-order chi connectivity index (χ0) is 14.6. The van der Waals surface area contributed by atoms with Gasteiger partial charge in [-0.05, 0) is 5.56 Å². The summed E-state index contributed by atoms with van der Waals surface area (Å²) in [5, 5.41) is 17.5. The smallest absolute Gasteiger partial charge is 0.0447 e. The lowest BCUT2D eigenvalue weighted by molar-refractivity contribution is 0.480. The van der Waals surface area contributed by atoms with Crippen molar-refractivity contribution in [3.8, 4) is 0 Å². The molecule has 1 aliphatic rings. The van der Waals surface area contributed by atoms with Crippen molar-refractivity contribution in [3.05, 3.63) is 35.9 Å². The third-order valence-corrected chi connectivity index (χ3v) is 3.68. The molecule has 5 N–H and O–H groups in total. The van der Waals surface area contributed by atoms with E-state index in [-0.39, 0.29) is 0 Å². The van der Waals surface area contributed by atoms with Crippen LogP contribution in [0.25, 0.3) is 0 Å². The van der Waals surface area contributed by atoms with E-state index in [9.17, 15) is 0 Å². The van der Waals surface area contributed by atoms with Crippen LogP contribution in [0.5, 0.6) is 0 Å². The monoisotopic (exact) mass is 291 g/mol. The van der Waals surface area contributed by atoms with E-state index in [1.54, 1.807) is 0 Å². The van der Waals surface area contributed by atoms with Gasteiger partial charge in [-0.1, -0.05) is 30.3 Å². The Morgan fingerprint density at radius 1 is 0.619 bits per heavy atom. The van der Waals surface area contributed by atoms with Crippen molar-refractivity contribution in [3.63, 3.8) is 0 Å². The molecule has 0 bridgehead atoms. The Morgan fingerprint density at radius 2 is 1.14 bits per heavy atom. The third kappa shape index (κ3) is 7.02. The lowest BCUT2D eigenvalue weighted by Crippen LogP contribution is -2.38. The van der Waals surface area contributed by atoms with Crippen LogP contribution in [0.3, 0.4) is 0 Å². The number of nitrogens with one attached hydrogen (secondary N) is 5. The molecule has 0 radical (unpaired) electrons. The molecule has 1 aromatic rings. The molecule has 0 saturated carbocycles. The molecular formula is C16H29N5. The van der Waals surface area contributed by atoms with E-state index in [0.717, 1.165) is 58.9 Å². The van der Waals surface area contributed by atoms with Gasteiger partial charge in [-0.15, -0.1) is 0 Å². The first-order valence-electron chi connectivity index (χ1n) is 8.08. The molecule has 118 valence electrons. The molecule has 2 rings (SSSR count). The molecule has 1 saturated heterocycles. The molecule has 0 amide bonds. The Kier molecular flexibility index (Phi) is 8.36. The van der Waals surface area contributed by atoms with Crippen LogP contribution >= 0.6 is 0 Å². The average molecular weight is 291 g/mol. The van der Waals surface area contributed by atoms with Crippen LogP contribution in [-0.2, 0) is 0 Å². The minimum Gasteiger partial charge on any atom is -0.314 e. The summed E-state index contributed by atoms with van der Waals surface area (Å²) in [5.74, 6) is 0. The van der Waals surface area contributed by atoms with Crippen LogP contribution in [0.1, 0.15) is 11.6 Å². The molecule has 1 unspecified atom stereocenters. The number of benzene rings is 1. The highest BCUT2D eigenvalue weighted by atomic mass is 15.0. The number of hydrogen-bond acceptors (Lipinski definition) is 5. The van der Waals surface area contributed by atoms with Crippen molar-refractivity contribution in [1.29, 1.82) is 0 Å². The lowest BCUT2D eigenvalue weighted by atomic mass is 10.1. The quantitative estimate of drug-likeness (QED) is 0.491. The third-order valence-electron chi connectivity index (χ3n) is 3.68. The Bertz CT molecular complexity index is 341. The standard InChI is InChI=1S/C16H29N5/c1-2-4-15(5-3-1)16-14-20-11-10-18-7-6-17-8-9-19-12-13-21-16/h1-5,16-21H,6-14H2. The highest BCUT2D eigenvalue weighted by molar-refractivity contribution is 5.19. The van der Waals surface area contributed by atoms with E-state index in [1.807, 2.05) is 0 Å². The van der Waals surface area contributed by atoms with Crippen LogP contribution in [-0.4, -0.2) is 58.9 Å². The van der Waals surface area contributed by atoms with Crippen LogP contribution < -0.4 is 26.6 Å². The van der Waals surface area contributed by atoms with E-state index < -0.39 is 0 Å². The van der Waals surface area contributed by atoms with Gasteiger partial charge in [0.1, 0.15) is 0 Å². The second kappa shape index (κ2) is 10.7. The van der Waals surface area contributed by atoms with Gasteiger partial charge in [0, 0.05) is 64.9 Å². The first-order chi connectivity index (χ1) is 10.5. The second-order valence-electron chi connectivity index (χ2n) is 5.37. The summed E-state index contributed by atoms with van der Waals surface area (Å²) in [5.41, 5.74) is 1.35. The van der Waals surface area contributed by atoms with Crippen molar-refractivity contribution in [2.24, 2.45) is 0 Å². The topological polar surface area (TPSA) is 60.1 Å². The lowest BCUT2D eigenvalue weighted by Gasteiger charge is -2.20. The molecule has 1 atom stereocenters.